The largest absolute Gasteiger partial charge is 0.196 e. The van der Waals surface area contributed by atoms with Crippen molar-refractivity contribution < 1.29 is 0 Å². The molecule has 1 saturated carbocycles. The normalized spacial score (nSPS) is 16.9. The molecule has 1 heterocycles. The Morgan fingerprint density at radius 2 is 1.89 bits per heavy atom. The lowest BCUT2D eigenvalue weighted by atomic mass is 9.89. The maximum absolute atomic E-state index is 4.26. The lowest BCUT2D eigenvalue weighted by Gasteiger charge is -2.20. The van der Waals surface area contributed by atoms with Crippen molar-refractivity contribution in [3.05, 3.63) is 33.7 Å². The summed E-state index contributed by atoms with van der Waals surface area (Å²) in [7, 11) is 0. The van der Waals surface area contributed by atoms with Gasteiger partial charge in [0.15, 0.2) is 5.82 Å². The molecule has 0 spiro atoms. The summed E-state index contributed by atoms with van der Waals surface area (Å²) in [5.41, 5.74) is 1.09. The Kier molecular flexibility index (Phi) is 3.58. The molecule has 0 amide bonds. The van der Waals surface area contributed by atoms with E-state index in [9.17, 15) is 0 Å². The van der Waals surface area contributed by atoms with Crippen LogP contribution in [-0.4, -0.2) is 20.2 Å². The molecule has 1 aliphatic rings. The number of para-hydroxylation sites is 1. The highest BCUT2D eigenvalue weighted by atomic mass is 127. The van der Waals surface area contributed by atoms with Gasteiger partial charge < -0.3 is 0 Å². The molecule has 0 radical (unpaired) electrons. The van der Waals surface area contributed by atoms with Gasteiger partial charge in [0.05, 0.1) is 5.69 Å². The van der Waals surface area contributed by atoms with Crippen LogP contribution in [0.4, 0.5) is 0 Å². The Balaban J connectivity index is 1.98. The van der Waals surface area contributed by atoms with E-state index in [1.807, 2.05) is 16.8 Å². The van der Waals surface area contributed by atoms with Crippen LogP contribution in [0.1, 0.15) is 43.8 Å². The number of benzene rings is 1. The van der Waals surface area contributed by atoms with E-state index in [1.165, 1.54) is 35.7 Å². The summed E-state index contributed by atoms with van der Waals surface area (Å²) in [5.74, 6) is 1.54. The molecule has 4 nitrogen and oxygen atoms in total. The van der Waals surface area contributed by atoms with Gasteiger partial charge >= 0.3 is 0 Å². The summed E-state index contributed by atoms with van der Waals surface area (Å²) in [6.07, 6.45) is 6.36. The highest BCUT2D eigenvalue weighted by Gasteiger charge is 2.22. The van der Waals surface area contributed by atoms with Gasteiger partial charge in [0.1, 0.15) is 0 Å². The van der Waals surface area contributed by atoms with E-state index in [0.717, 1.165) is 11.5 Å². The predicted octanol–water partition coefficient (Wildman–Crippen LogP) is 3.31. The van der Waals surface area contributed by atoms with E-state index in [-0.39, 0.29) is 0 Å². The Bertz CT molecular complexity index is 531. The van der Waals surface area contributed by atoms with E-state index in [4.69, 9.17) is 0 Å². The molecule has 0 unspecified atom stereocenters. The van der Waals surface area contributed by atoms with Gasteiger partial charge in [-0.15, -0.1) is 5.10 Å². The second kappa shape index (κ2) is 5.34. The first-order valence-corrected chi connectivity index (χ1v) is 7.47. The Labute approximate surface area is 120 Å². The number of rotatable bonds is 2. The van der Waals surface area contributed by atoms with Gasteiger partial charge in [0.25, 0.3) is 0 Å². The molecular formula is C13H15IN4. The maximum Gasteiger partial charge on any atom is 0.159 e. The summed E-state index contributed by atoms with van der Waals surface area (Å²) in [6.45, 7) is 0. The van der Waals surface area contributed by atoms with Crippen molar-refractivity contribution in [2.75, 3.05) is 0 Å². The number of hydrogen-bond donors (Lipinski definition) is 0. The van der Waals surface area contributed by atoms with Crippen LogP contribution in [0, 0.1) is 3.57 Å². The topological polar surface area (TPSA) is 43.6 Å². The molecule has 0 saturated heterocycles. The second-order valence-corrected chi connectivity index (χ2v) is 5.90. The fourth-order valence-electron chi connectivity index (χ4n) is 2.60. The molecule has 0 aliphatic heterocycles. The molecular weight excluding hydrogens is 339 g/mol. The molecule has 2 aromatic rings. The van der Waals surface area contributed by atoms with E-state index in [2.05, 4.69) is 50.2 Å². The van der Waals surface area contributed by atoms with Crippen LogP contribution in [0.2, 0.25) is 0 Å². The highest BCUT2D eigenvalue weighted by Crippen LogP contribution is 2.32. The van der Waals surface area contributed by atoms with E-state index < -0.39 is 0 Å². The summed E-state index contributed by atoms with van der Waals surface area (Å²) >= 11 is 2.33. The summed E-state index contributed by atoms with van der Waals surface area (Å²) in [5, 5.41) is 12.3. The number of hydrogen-bond acceptors (Lipinski definition) is 3. The van der Waals surface area contributed by atoms with Crippen molar-refractivity contribution in [1.29, 1.82) is 0 Å². The van der Waals surface area contributed by atoms with Crippen LogP contribution in [0.5, 0.6) is 0 Å². The Morgan fingerprint density at radius 3 is 2.67 bits per heavy atom. The van der Waals surface area contributed by atoms with E-state index in [1.54, 1.807) is 0 Å². The lowest BCUT2D eigenvalue weighted by molar-refractivity contribution is 0.422. The minimum Gasteiger partial charge on any atom is -0.196 e. The molecule has 1 aromatic heterocycles. The molecule has 1 aliphatic carbocycles. The third-order valence-electron chi connectivity index (χ3n) is 3.54. The van der Waals surface area contributed by atoms with E-state index in [0.29, 0.717) is 5.92 Å². The van der Waals surface area contributed by atoms with Crippen LogP contribution in [0.15, 0.2) is 24.3 Å². The number of nitrogens with zero attached hydrogens (tertiary/aromatic N) is 4. The smallest absolute Gasteiger partial charge is 0.159 e. The van der Waals surface area contributed by atoms with Crippen molar-refractivity contribution in [2.45, 2.75) is 38.0 Å². The highest BCUT2D eigenvalue weighted by molar-refractivity contribution is 14.1. The number of halogens is 1. The summed E-state index contributed by atoms with van der Waals surface area (Å²) in [4.78, 5) is 0. The van der Waals surface area contributed by atoms with Gasteiger partial charge in [-0.1, -0.05) is 31.4 Å². The Hall–Kier alpha value is -0.980. The standard InChI is InChI=1S/C13H15IN4/c14-11-8-4-5-9-12(11)18-13(15-16-17-18)10-6-2-1-3-7-10/h4-5,8-10H,1-3,6-7H2. The molecule has 5 heteroatoms. The average molecular weight is 354 g/mol. The van der Waals surface area contributed by atoms with Gasteiger partial charge in [-0.05, 0) is 58.0 Å². The fourth-order valence-corrected chi connectivity index (χ4v) is 3.22. The SMILES string of the molecule is Ic1ccccc1-n1nnnc1C1CCCCC1. The van der Waals surface area contributed by atoms with Gasteiger partial charge in [-0.2, -0.15) is 4.68 Å². The van der Waals surface area contributed by atoms with Crippen LogP contribution in [0.25, 0.3) is 5.69 Å². The molecule has 3 rings (SSSR count). The molecule has 18 heavy (non-hydrogen) atoms. The fraction of sp³-hybridized carbons (Fsp3) is 0.462. The molecule has 1 aromatic carbocycles. The van der Waals surface area contributed by atoms with Gasteiger partial charge in [0, 0.05) is 9.49 Å². The van der Waals surface area contributed by atoms with Crippen molar-refractivity contribution >= 4 is 22.6 Å². The van der Waals surface area contributed by atoms with E-state index >= 15 is 0 Å². The Morgan fingerprint density at radius 1 is 1.11 bits per heavy atom. The first-order chi connectivity index (χ1) is 8.86. The summed E-state index contributed by atoms with van der Waals surface area (Å²) in [6, 6.07) is 8.23. The lowest BCUT2D eigenvalue weighted by Crippen LogP contribution is -2.12. The third-order valence-corrected chi connectivity index (χ3v) is 4.46. The monoisotopic (exact) mass is 354 g/mol. The van der Waals surface area contributed by atoms with Crippen molar-refractivity contribution in [1.82, 2.24) is 20.2 Å². The number of tetrazole rings is 1. The second-order valence-electron chi connectivity index (χ2n) is 4.74. The average Bonchev–Trinajstić information content (AvgIpc) is 2.89. The predicted molar refractivity (Wildman–Crippen MR) is 77.7 cm³/mol. The minimum atomic E-state index is 0.518. The molecule has 0 bridgehead atoms. The third kappa shape index (κ3) is 2.28. The van der Waals surface area contributed by atoms with Crippen LogP contribution in [0.3, 0.4) is 0 Å². The van der Waals surface area contributed by atoms with Crippen molar-refractivity contribution in [3.63, 3.8) is 0 Å². The van der Waals surface area contributed by atoms with Gasteiger partial charge in [0.2, 0.25) is 0 Å². The number of aromatic nitrogens is 4. The first-order valence-electron chi connectivity index (χ1n) is 6.39. The van der Waals surface area contributed by atoms with Crippen LogP contribution < -0.4 is 0 Å². The molecule has 0 N–H and O–H groups in total. The van der Waals surface area contributed by atoms with Crippen molar-refractivity contribution in [2.24, 2.45) is 0 Å². The zero-order chi connectivity index (χ0) is 12.4. The first kappa shape index (κ1) is 12.1. The molecule has 0 atom stereocenters. The van der Waals surface area contributed by atoms with Crippen molar-refractivity contribution in [3.8, 4) is 5.69 Å². The zero-order valence-electron chi connectivity index (χ0n) is 10.1. The minimum absolute atomic E-state index is 0.518. The van der Waals surface area contributed by atoms with Crippen LogP contribution in [-0.2, 0) is 0 Å². The quantitative estimate of drug-likeness (QED) is 0.778. The zero-order valence-corrected chi connectivity index (χ0v) is 12.2. The van der Waals surface area contributed by atoms with Crippen LogP contribution >= 0.6 is 22.6 Å². The maximum atomic E-state index is 4.26. The summed E-state index contributed by atoms with van der Waals surface area (Å²) < 4.78 is 3.09. The van der Waals surface area contributed by atoms with Gasteiger partial charge in [-0.25, -0.2) is 0 Å². The molecule has 1 fully saturated rings. The van der Waals surface area contributed by atoms with Gasteiger partial charge in [-0.3, -0.25) is 0 Å². The molecule has 94 valence electrons.